The van der Waals surface area contributed by atoms with Crippen LogP contribution in [0, 0.1) is 6.92 Å². The molecular weight excluding hydrogens is 328 g/mol. The number of rotatable bonds is 1. The second-order valence-electron chi connectivity index (χ2n) is 4.34. The van der Waals surface area contributed by atoms with Gasteiger partial charge in [0.2, 0.25) is 5.89 Å². The summed E-state index contributed by atoms with van der Waals surface area (Å²) in [5.74, 6) is 0.545. The molecule has 3 rings (SSSR count). The fraction of sp³-hybridized carbons (Fsp3) is 0.0714. The van der Waals surface area contributed by atoms with E-state index in [9.17, 15) is 0 Å². The van der Waals surface area contributed by atoms with E-state index in [0.29, 0.717) is 27.7 Å². The second-order valence-corrected chi connectivity index (χ2v) is 5.61. The van der Waals surface area contributed by atoms with Crippen molar-refractivity contribution < 1.29 is 4.42 Å². The summed E-state index contributed by atoms with van der Waals surface area (Å²) in [5.41, 5.74) is 9.63. The van der Waals surface area contributed by atoms with Gasteiger partial charge in [-0.1, -0.05) is 17.7 Å². The molecule has 2 aromatic carbocycles. The zero-order valence-electron chi connectivity index (χ0n) is 10.1. The van der Waals surface area contributed by atoms with Crippen LogP contribution in [0.25, 0.3) is 22.6 Å². The van der Waals surface area contributed by atoms with Crippen LogP contribution in [0.15, 0.2) is 39.2 Å². The molecule has 19 heavy (non-hydrogen) atoms. The fourth-order valence-electron chi connectivity index (χ4n) is 1.87. The number of nitrogen functional groups attached to an aromatic ring is 1. The van der Waals surface area contributed by atoms with Crippen LogP contribution >= 0.6 is 27.5 Å². The number of aryl methyl sites for hydroxylation is 1. The zero-order valence-corrected chi connectivity index (χ0v) is 12.4. The summed E-state index contributed by atoms with van der Waals surface area (Å²) < 4.78 is 6.67. The molecule has 3 nitrogen and oxygen atoms in total. The van der Waals surface area contributed by atoms with E-state index in [1.165, 1.54) is 5.56 Å². The standard InChI is InChI=1S/C14H10BrClN2O/c1-7-2-3-8(9(15)4-7)14-18-12-5-10(16)11(17)6-13(12)19-14/h2-6H,17H2,1H3. The normalized spacial score (nSPS) is 11.1. The van der Waals surface area contributed by atoms with E-state index >= 15 is 0 Å². The molecule has 2 N–H and O–H groups in total. The minimum absolute atomic E-state index is 0.482. The molecular formula is C14H10BrClN2O. The number of aromatic nitrogens is 1. The quantitative estimate of drug-likeness (QED) is 0.649. The summed E-state index contributed by atoms with van der Waals surface area (Å²) >= 11 is 9.50. The highest BCUT2D eigenvalue weighted by atomic mass is 79.9. The lowest BCUT2D eigenvalue weighted by atomic mass is 10.1. The maximum atomic E-state index is 5.98. The number of benzene rings is 2. The summed E-state index contributed by atoms with van der Waals surface area (Å²) in [7, 11) is 0. The summed E-state index contributed by atoms with van der Waals surface area (Å²) in [6.45, 7) is 2.03. The molecule has 0 amide bonds. The summed E-state index contributed by atoms with van der Waals surface area (Å²) in [4.78, 5) is 4.44. The van der Waals surface area contributed by atoms with Crippen LogP contribution in [0.3, 0.4) is 0 Å². The average Bonchev–Trinajstić information content (AvgIpc) is 2.72. The van der Waals surface area contributed by atoms with Gasteiger partial charge in [0.1, 0.15) is 5.52 Å². The number of nitrogens with two attached hydrogens (primary N) is 1. The molecule has 0 aliphatic rings. The van der Waals surface area contributed by atoms with E-state index in [1.54, 1.807) is 12.1 Å². The molecule has 0 unspecified atom stereocenters. The van der Waals surface area contributed by atoms with Crippen LogP contribution in [-0.2, 0) is 0 Å². The second kappa shape index (κ2) is 4.54. The molecule has 0 radical (unpaired) electrons. The van der Waals surface area contributed by atoms with Crippen LogP contribution < -0.4 is 5.73 Å². The Balaban J connectivity index is 2.20. The lowest BCUT2D eigenvalue weighted by molar-refractivity contribution is 0.619. The molecule has 96 valence electrons. The zero-order chi connectivity index (χ0) is 13.6. The summed E-state index contributed by atoms with van der Waals surface area (Å²) in [6.07, 6.45) is 0. The van der Waals surface area contributed by atoms with Crippen LogP contribution in [0.4, 0.5) is 5.69 Å². The Morgan fingerprint density at radius 3 is 2.79 bits per heavy atom. The first-order chi connectivity index (χ1) is 9.04. The highest BCUT2D eigenvalue weighted by Gasteiger charge is 2.12. The molecule has 0 saturated carbocycles. The maximum absolute atomic E-state index is 5.98. The molecule has 0 atom stereocenters. The van der Waals surface area contributed by atoms with Gasteiger partial charge in [0.05, 0.1) is 16.3 Å². The van der Waals surface area contributed by atoms with Crippen molar-refractivity contribution in [1.82, 2.24) is 4.98 Å². The lowest BCUT2D eigenvalue weighted by Gasteiger charge is -2.00. The van der Waals surface area contributed by atoms with Crippen LogP contribution in [-0.4, -0.2) is 4.98 Å². The molecule has 1 heterocycles. The van der Waals surface area contributed by atoms with Crippen molar-refractivity contribution in [3.63, 3.8) is 0 Å². The molecule has 0 aliphatic carbocycles. The Hall–Kier alpha value is -1.52. The van der Waals surface area contributed by atoms with Crippen molar-refractivity contribution in [1.29, 1.82) is 0 Å². The van der Waals surface area contributed by atoms with E-state index in [1.807, 2.05) is 25.1 Å². The smallest absolute Gasteiger partial charge is 0.228 e. The molecule has 0 bridgehead atoms. The number of anilines is 1. The average molecular weight is 338 g/mol. The van der Waals surface area contributed by atoms with E-state index in [2.05, 4.69) is 20.9 Å². The lowest BCUT2D eigenvalue weighted by Crippen LogP contribution is -1.84. The topological polar surface area (TPSA) is 52.0 Å². The molecule has 1 aromatic heterocycles. The van der Waals surface area contributed by atoms with Gasteiger partial charge in [0.15, 0.2) is 5.58 Å². The largest absolute Gasteiger partial charge is 0.436 e. The van der Waals surface area contributed by atoms with E-state index in [-0.39, 0.29) is 0 Å². The minimum Gasteiger partial charge on any atom is -0.436 e. The first kappa shape index (κ1) is 12.5. The van der Waals surface area contributed by atoms with Crippen molar-refractivity contribution in [2.24, 2.45) is 0 Å². The number of hydrogen-bond acceptors (Lipinski definition) is 3. The molecule has 0 saturated heterocycles. The number of nitrogens with zero attached hydrogens (tertiary/aromatic N) is 1. The number of fused-ring (bicyclic) bond motifs is 1. The van der Waals surface area contributed by atoms with Crippen LogP contribution in [0.5, 0.6) is 0 Å². The first-order valence-electron chi connectivity index (χ1n) is 5.66. The van der Waals surface area contributed by atoms with Crippen molar-refractivity contribution in [2.45, 2.75) is 6.92 Å². The monoisotopic (exact) mass is 336 g/mol. The summed E-state index contributed by atoms with van der Waals surface area (Å²) in [5, 5.41) is 0.482. The van der Waals surface area contributed by atoms with Crippen molar-refractivity contribution in [3.8, 4) is 11.5 Å². The van der Waals surface area contributed by atoms with Gasteiger partial charge >= 0.3 is 0 Å². The predicted octanol–water partition coefficient (Wildman–Crippen LogP) is 4.80. The van der Waals surface area contributed by atoms with Gasteiger partial charge in [-0.25, -0.2) is 4.98 Å². The van der Waals surface area contributed by atoms with Gasteiger partial charge in [0, 0.05) is 10.5 Å². The van der Waals surface area contributed by atoms with E-state index < -0.39 is 0 Å². The highest BCUT2D eigenvalue weighted by molar-refractivity contribution is 9.10. The Kier molecular flexibility index (Phi) is 2.99. The Bertz CT molecular complexity index is 743. The highest BCUT2D eigenvalue weighted by Crippen LogP contribution is 2.33. The molecule has 3 aromatic rings. The molecule has 0 aliphatic heterocycles. The predicted molar refractivity (Wildman–Crippen MR) is 81.3 cm³/mol. The van der Waals surface area contributed by atoms with Crippen molar-refractivity contribution >= 4 is 44.3 Å². The van der Waals surface area contributed by atoms with Gasteiger partial charge < -0.3 is 10.2 Å². The first-order valence-corrected chi connectivity index (χ1v) is 6.84. The van der Waals surface area contributed by atoms with Crippen LogP contribution in [0.2, 0.25) is 5.02 Å². The third kappa shape index (κ3) is 2.22. The van der Waals surface area contributed by atoms with Gasteiger partial charge in [0.25, 0.3) is 0 Å². The van der Waals surface area contributed by atoms with E-state index in [4.69, 9.17) is 21.8 Å². The van der Waals surface area contributed by atoms with E-state index in [0.717, 1.165) is 10.0 Å². The van der Waals surface area contributed by atoms with Gasteiger partial charge in [-0.3, -0.25) is 0 Å². The third-order valence-corrected chi connectivity index (χ3v) is 3.85. The molecule has 0 fully saturated rings. The van der Waals surface area contributed by atoms with Crippen molar-refractivity contribution in [3.05, 3.63) is 45.4 Å². The Morgan fingerprint density at radius 1 is 1.26 bits per heavy atom. The molecule has 5 heteroatoms. The minimum atomic E-state index is 0.482. The number of halogens is 2. The third-order valence-electron chi connectivity index (χ3n) is 2.86. The van der Waals surface area contributed by atoms with Crippen molar-refractivity contribution in [2.75, 3.05) is 5.73 Å². The SMILES string of the molecule is Cc1ccc(-c2nc3cc(Cl)c(N)cc3o2)c(Br)c1. The van der Waals surface area contributed by atoms with Gasteiger partial charge in [-0.2, -0.15) is 0 Å². The van der Waals surface area contributed by atoms with Gasteiger partial charge in [-0.05, 0) is 46.6 Å². The fourth-order valence-corrected chi connectivity index (χ4v) is 2.69. The maximum Gasteiger partial charge on any atom is 0.228 e. The number of hydrogen-bond donors (Lipinski definition) is 1. The Labute approximate surface area is 123 Å². The summed E-state index contributed by atoms with van der Waals surface area (Å²) in [6, 6.07) is 9.40. The Morgan fingerprint density at radius 2 is 2.05 bits per heavy atom. The number of oxazole rings is 1. The van der Waals surface area contributed by atoms with Gasteiger partial charge in [-0.15, -0.1) is 0 Å². The van der Waals surface area contributed by atoms with Crippen LogP contribution in [0.1, 0.15) is 5.56 Å². The molecule has 0 spiro atoms.